The van der Waals surface area contributed by atoms with Crippen molar-refractivity contribution in [3.8, 4) is 0 Å². The molecule has 4 nitrogen and oxygen atoms in total. The molecule has 2 aliphatic rings. The molecule has 0 spiro atoms. The van der Waals surface area contributed by atoms with Crippen molar-refractivity contribution in [2.24, 2.45) is 11.8 Å². The zero-order chi connectivity index (χ0) is 11.9. The summed E-state index contributed by atoms with van der Waals surface area (Å²) in [7, 11) is -1.64. The number of aldehydes is 1. The minimum atomic E-state index is -1.64. The van der Waals surface area contributed by atoms with Gasteiger partial charge < -0.3 is 14.0 Å². The minimum Gasteiger partial charge on any atom is -0.462 e. The number of rotatable bonds is 3. The van der Waals surface area contributed by atoms with E-state index in [9.17, 15) is 9.59 Å². The average molecular weight is 242 g/mol. The topological polar surface area (TPSA) is 52.6 Å². The highest BCUT2D eigenvalue weighted by atomic mass is 28.4. The van der Waals surface area contributed by atoms with Crippen molar-refractivity contribution in [3.63, 3.8) is 0 Å². The van der Waals surface area contributed by atoms with Crippen molar-refractivity contribution in [3.05, 3.63) is 0 Å². The van der Waals surface area contributed by atoms with Crippen LogP contribution in [0.2, 0.25) is 19.6 Å². The molecule has 1 saturated heterocycles. The first-order valence-corrected chi connectivity index (χ1v) is 9.14. The second kappa shape index (κ2) is 3.96. The predicted molar refractivity (Wildman–Crippen MR) is 60.4 cm³/mol. The molecule has 4 atom stereocenters. The van der Waals surface area contributed by atoms with Crippen LogP contribution in [0.5, 0.6) is 0 Å². The van der Waals surface area contributed by atoms with Crippen molar-refractivity contribution in [2.45, 2.75) is 44.7 Å². The van der Waals surface area contributed by atoms with Crippen LogP contribution in [0.25, 0.3) is 0 Å². The number of ether oxygens (including phenoxy) is 1. The Morgan fingerprint density at radius 2 is 2.12 bits per heavy atom. The molecule has 5 heteroatoms. The van der Waals surface area contributed by atoms with Crippen LogP contribution in [0.1, 0.15) is 12.8 Å². The van der Waals surface area contributed by atoms with Gasteiger partial charge in [-0.25, -0.2) is 0 Å². The van der Waals surface area contributed by atoms with Crippen LogP contribution >= 0.6 is 0 Å². The third-order valence-corrected chi connectivity index (χ3v) is 4.22. The van der Waals surface area contributed by atoms with Gasteiger partial charge in [0.2, 0.25) is 0 Å². The molecule has 1 aliphatic heterocycles. The second-order valence-corrected chi connectivity index (χ2v) is 10.1. The van der Waals surface area contributed by atoms with Crippen LogP contribution in [0.3, 0.4) is 0 Å². The van der Waals surface area contributed by atoms with Crippen molar-refractivity contribution in [2.75, 3.05) is 0 Å². The summed E-state index contributed by atoms with van der Waals surface area (Å²) in [6.45, 7) is 6.32. The van der Waals surface area contributed by atoms with Gasteiger partial charge in [-0.2, -0.15) is 0 Å². The number of fused-ring (bicyclic) bond motifs is 1. The lowest BCUT2D eigenvalue weighted by Crippen LogP contribution is -2.35. The fourth-order valence-electron chi connectivity index (χ4n) is 2.67. The molecule has 0 bridgehead atoms. The van der Waals surface area contributed by atoms with Gasteiger partial charge in [0.25, 0.3) is 0 Å². The van der Waals surface area contributed by atoms with E-state index in [1.165, 1.54) is 0 Å². The van der Waals surface area contributed by atoms with E-state index in [2.05, 4.69) is 19.6 Å². The number of carbonyl (C=O) groups excluding carboxylic acids is 2. The Labute approximate surface area is 96.4 Å². The summed E-state index contributed by atoms with van der Waals surface area (Å²) in [5.74, 6) is -0.289. The van der Waals surface area contributed by atoms with E-state index < -0.39 is 8.32 Å². The molecule has 0 amide bonds. The van der Waals surface area contributed by atoms with Crippen LogP contribution in [0.15, 0.2) is 0 Å². The minimum absolute atomic E-state index is 0.0475. The lowest BCUT2D eigenvalue weighted by molar-refractivity contribution is -0.141. The highest BCUT2D eigenvalue weighted by Gasteiger charge is 2.51. The molecule has 0 N–H and O–H groups in total. The zero-order valence-corrected chi connectivity index (χ0v) is 10.9. The van der Waals surface area contributed by atoms with Crippen molar-refractivity contribution >= 4 is 20.6 Å². The Kier molecular flexibility index (Phi) is 2.92. The van der Waals surface area contributed by atoms with E-state index in [0.29, 0.717) is 12.8 Å². The lowest BCUT2D eigenvalue weighted by Gasteiger charge is -2.26. The standard InChI is InChI=1S/C11H18O4Si/c1-16(2,3)15-10-5-9-7(8(10)6-12)4-11(13)14-9/h6-10H,4-5H2,1-3H3/t7-,8-,9+,10-/m1/s1. The summed E-state index contributed by atoms with van der Waals surface area (Å²) < 4.78 is 11.2. The normalized spacial score (nSPS) is 38.3. The van der Waals surface area contributed by atoms with Gasteiger partial charge in [-0.3, -0.25) is 4.79 Å². The molecular formula is C11H18O4Si. The molecule has 1 saturated carbocycles. The van der Waals surface area contributed by atoms with Crippen LogP contribution in [0, 0.1) is 11.8 Å². The maximum atomic E-state index is 11.1. The molecule has 0 aromatic heterocycles. The van der Waals surface area contributed by atoms with Crippen molar-refractivity contribution in [1.29, 1.82) is 0 Å². The first-order valence-electron chi connectivity index (χ1n) is 5.73. The molecule has 16 heavy (non-hydrogen) atoms. The largest absolute Gasteiger partial charge is 0.462 e. The van der Waals surface area contributed by atoms with Gasteiger partial charge in [0, 0.05) is 18.3 Å². The average Bonchev–Trinajstić information content (AvgIpc) is 2.57. The molecule has 2 fully saturated rings. The Bertz CT molecular complexity index is 310. The molecular weight excluding hydrogens is 224 g/mol. The summed E-state index contributed by atoms with van der Waals surface area (Å²) in [5, 5.41) is 0. The van der Waals surface area contributed by atoms with Crippen molar-refractivity contribution in [1.82, 2.24) is 0 Å². The van der Waals surface area contributed by atoms with Crippen LogP contribution in [-0.2, 0) is 18.8 Å². The quantitative estimate of drug-likeness (QED) is 0.426. The van der Waals surface area contributed by atoms with Gasteiger partial charge in [-0.15, -0.1) is 0 Å². The highest BCUT2D eigenvalue weighted by Crippen LogP contribution is 2.42. The number of hydrogen-bond donors (Lipinski definition) is 0. The predicted octanol–water partition coefficient (Wildman–Crippen LogP) is 1.36. The molecule has 0 aromatic carbocycles. The molecule has 2 rings (SSSR count). The Morgan fingerprint density at radius 3 is 2.69 bits per heavy atom. The highest BCUT2D eigenvalue weighted by molar-refractivity contribution is 6.69. The monoisotopic (exact) mass is 242 g/mol. The van der Waals surface area contributed by atoms with Crippen molar-refractivity contribution < 1.29 is 18.8 Å². The van der Waals surface area contributed by atoms with E-state index in [4.69, 9.17) is 9.16 Å². The fourth-order valence-corrected chi connectivity index (χ4v) is 3.83. The van der Waals surface area contributed by atoms with Crippen LogP contribution < -0.4 is 0 Å². The van der Waals surface area contributed by atoms with Gasteiger partial charge in [0.1, 0.15) is 12.4 Å². The first kappa shape index (κ1) is 11.8. The van der Waals surface area contributed by atoms with E-state index >= 15 is 0 Å². The number of hydrogen-bond acceptors (Lipinski definition) is 4. The fraction of sp³-hybridized carbons (Fsp3) is 0.818. The summed E-state index contributed by atoms with van der Waals surface area (Å²) in [5.41, 5.74) is 0. The molecule has 1 heterocycles. The van der Waals surface area contributed by atoms with Gasteiger partial charge in [0.15, 0.2) is 8.32 Å². The molecule has 0 aromatic rings. The van der Waals surface area contributed by atoms with Crippen LogP contribution in [0.4, 0.5) is 0 Å². The molecule has 1 aliphatic carbocycles. The summed E-state index contributed by atoms with van der Waals surface area (Å²) in [4.78, 5) is 22.3. The SMILES string of the molecule is C[Si](C)(C)O[C@@H]1C[C@@H]2OC(=O)C[C@@H]2[C@H]1C=O. The lowest BCUT2D eigenvalue weighted by atomic mass is 9.94. The van der Waals surface area contributed by atoms with Gasteiger partial charge in [0.05, 0.1) is 12.5 Å². The Balaban J connectivity index is 2.08. The Hall–Kier alpha value is -0.683. The van der Waals surface area contributed by atoms with Gasteiger partial charge in [-0.05, 0) is 19.6 Å². The summed E-state index contributed by atoms with van der Waals surface area (Å²) in [6.07, 6.45) is 1.86. The number of carbonyl (C=O) groups is 2. The van der Waals surface area contributed by atoms with E-state index in [-0.39, 0.29) is 30.0 Å². The summed E-state index contributed by atoms with van der Waals surface area (Å²) >= 11 is 0. The third-order valence-electron chi connectivity index (χ3n) is 3.21. The van der Waals surface area contributed by atoms with E-state index in [1.807, 2.05) is 0 Å². The van der Waals surface area contributed by atoms with Gasteiger partial charge >= 0.3 is 5.97 Å². The molecule has 0 radical (unpaired) electrons. The van der Waals surface area contributed by atoms with E-state index in [1.54, 1.807) is 0 Å². The van der Waals surface area contributed by atoms with Gasteiger partial charge in [-0.1, -0.05) is 0 Å². The maximum absolute atomic E-state index is 11.1. The Morgan fingerprint density at radius 1 is 1.44 bits per heavy atom. The summed E-state index contributed by atoms with van der Waals surface area (Å²) in [6, 6.07) is 0. The second-order valence-electron chi connectivity index (χ2n) is 5.61. The third kappa shape index (κ3) is 2.20. The maximum Gasteiger partial charge on any atom is 0.306 e. The zero-order valence-electron chi connectivity index (χ0n) is 9.93. The molecule has 0 unspecified atom stereocenters. The first-order chi connectivity index (χ1) is 7.40. The number of esters is 1. The smallest absolute Gasteiger partial charge is 0.306 e. The van der Waals surface area contributed by atoms with Crippen LogP contribution in [-0.4, -0.2) is 32.8 Å². The van der Waals surface area contributed by atoms with E-state index in [0.717, 1.165) is 6.29 Å². The molecule has 90 valence electrons.